The third kappa shape index (κ3) is 41.6. The summed E-state index contributed by atoms with van der Waals surface area (Å²) in [6.07, 6.45) is 2.31. The second-order valence-electron chi connectivity index (χ2n) is 18.2. The van der Waals surface area contributed by atoms with Crippen LogP contribution in [-0.2, 0) is 92.0 Å². The number of aromatic nitrogens is 4. The number of amides is 2. The van der Waals surface area contributed by atoms with Crippen molar-refractivity contribution < 1.29 is 95.3 Å². The number of carbonyl (C=O) groups is 4. The topological polar surface area (TPSA) is 409 Å². The fourth-order valence-corrected chi connectivity index (χ4v) is 7.02. The van der Waals surface area contributed by atoms with E-state index >= 15 is 0 Å². The number of carbonyl (C=O) groups excluding carboxylic acids is 3. The number of ether oxygens (including phenoxy) is 15. The van der Waals surface area contributed by atoms with E-state index in [-0.39, 0.29) is 66.6 Å². The molecule has 490 valence electrons. The number of fused-ring (bicyclic) bond motifs is 1. The number of nitrogens with two attached hydrogens (primary N) is 1. The maximum absolute atomic E-state index is 12.8. The normalized spacial score (nSPS) is 11.6. The zero-order valence-corrected chi connectivity index (χ0v) is 49.7. The van der Waals surface area contributed by atoms with Crippen LogP contribution in [0.15, 0.2) is 40.4 Å². The van der Waals surface area contributed by atoms with Crippen LogP contribution in [-0.4, -0.2) is 266 Å². The Morgan fingerprint density at radius 3 is 1.47 bits per heavy atom. The smallest absolute Gasteiger partial charge is 0.326 e. The van der Waals surface area contributed by atoms with E-state index in [9.17, 15) is 29.1 Å². The molecule has 1 atom stereocenters. The van der Waals surface area contributed by atoms with Crippen molar-refractivity contribution in [1.29, 1.82) is 0 Å². The first-order valence-electron chi connectivity index (χ1n) is 29.0. The largest absolute Gasteiger partial charge is 0.480 e. The highest BCUT2D eigenvalue weighted by molar-refractivity contribution is 5.97. The summed E-state index contributed by atoms with van der Waals surface area (Å²) in [5, 5.41) is 21.4. The van der Waals surface area contributed by atoms with Gasteiger partial charge in [0.1, 0.15) is 11.8 Å². The van der Waals surface area contributed by atoms with E-state index in [0.717, 1.165) is 0 Å². The van der Waals surface area contributed by atoms with Gasteiger partial charge in [-0.2, -0.15) is 4.98 Å². The molecule has 7 N–H and O–H groups in total. The number of Topliss-reactive ketones (excluding diaryl/α,β-unsaturated/α-hetero) is 1. The third-order valence-corrected chi connectivity index (χ3v) is 11.4. The van der Waals surface area contributed by atoms with Gasteiger partial charge in [0, 0.05) is 55.1 Å². The van der Waals surface area contributed by atoms with Gasteiger partial charge in [0.15, 0.2) is 11.2 Å². The summed E-state index contributed by atoms with van der Waals surface area (Å²) in [5.74, 6) is -2.15. The second-order valence-corrected chi connectivity index (χ2v) is 18.2. The molecule has 2 aromatic heterocycles. The maximum atomic E-state index is 12.8. The molecule has 3 aromatic rings. The van der Waals surface area contributed by atoms with Gasteiger partial charge in [0.25, 0.3) is 11.5 Å². The van der Waals surface area contributed by atoms with Gasteiger partial charge in [-0.25, -0.2) is 14.8 Å². The Kier molecular flexibility index (Phi) is 45.7. The molecule has 2 heterocycles. The van der Waals surface area contributed by atoms with Crippen LogP contribution in [0, 0.1) is 0 Å². The highest BCUT2D eigenvalue weighted by Crippen LogP contribution is 2.13. The van der Waals surface area contributed by atoms with Gasteiger partial charge >= 0.3 is 5.97 Å². The number of carboxylic acid groups (broad SMARTS) is 1. The number of hydrogen-bond acceptors (Lipinski definition) is 26. The van der Waals surface area contributed by atoms with Gasteiger partial charge in [0.2, 0.25) is 11.9 Å². The molecule has 0 aliphatic carbocycles. The molecule has 0 bridgehead atoms. The van der Waals surface area contributed by atoms with Crippen molar-refractivity contribution in [2.24, 2.45) is 5.11 Å². The number of nitrogens with one attached hydrogen (secondary N) is 4. The number of aromatic amines is 1. The second kappa shape index (κ2) is 52.9. The zero-order chi connectivity index (χ0) is 62.3. The van der Waals surface area contributed by atoms with Crippen LogP contribution < -0.4 is 27.2 Å². The minimum atomic E-state index is -1.25. The van der Waals surface area contributed by atoms with Gasteiger partial charge in [0.05, 0.1) is 210 Å². The summed E-state index contributed by atoms with van der Waals surface area (Å²) in [6.45, 7) is 13.2. The summed E-state index contributed by atoms with van der Waals surface area (Å²) in [5.41, 5.74) is 14.7. The number of benzene rings is 1. The Labute approximate surface area is 505 Å². The van der Waals surface area contributed by atoms with Crippen molar-refractivity contribution in [1.82, 2.24) is 30.6 Å². The van der Waals surface area contributed by atoms with Crippen LogP contribution >= 0.6 is 0 Å². The molecular weight excluding hydrogens is 1150 g/mol. The van der Waals surface area contributed by atoms with Crippen LogP contribution in [0.2, 0.25) is 0 Å². The minimum absolute atomic E-state index is 0.0174. The molecule has 1 aromatic carbocycles. The number of nitrogens with zero attached hydrogens (tertiary/aromatic N) is 6. The van der Waals surface area contributed by atoms with Crippen LogP contribution in [0.3, 0.4) is 0 Å². The predicted octanol–water partition coefficient (Wildman–Crippen LogP) is 1.29. The standard InChI is InChI=1S/C55H89N11O21/c56-55-64-51-50(53(70)65-55)62-46(43-60-51)42-59-45-5-3-44(4-6-45)52(69)63-48(54(71)72)8-7-47(67)2-1-12-73-16-20-77-24-28-81-30-32-83-34-36-85-38-40-87-41-39-86-37-35-84-33-31-82-29-27-79-22-18-75-14-10-58-49(68)9-13-74-17-21-78-25-26-80-23-19-76-15-11-61-66-57/h3-6,43,48,59H,1-2,7-42H2,(H,58,68)(H,63,69)(H,71,72)(H3,56,60,64,65,70)/t48-/m0/s1. The molecule has 0 saturated carbocycles. The summed E-state index contributed by atoms with van der Waals surface area (Å²) >= 11 is 0. The average Bonchev–Trinajstić information content (AvgIpc) is 3.59. The number of anilines is 2. The number of H-pyrrole nitrogens is 1. The van der Waals surface area contributed by atoms with Crippen LogP contribution in [0.25, 0.3) is 21.6 Å². The maximum Gasteiger partial charge on any atom is 0.326 e. The minimum Gasteiger partial charge on any atom is -0.480 e. The van der Waals surface area contributed by atoms with Crippen molar-refractivity contribution in [2.45, 2.75) is 44.7 Å². The van der Waals surface area contributed by atoms with E-state index in [1.165, 1.54) is 18.3 Å². The molecule has 32 heteroatoms. The summed E-state index contributed by atoms with van der Waals surface area (Å²) in [7, 11) is 0. The summed E-state index contributed by atoms with van der Waals surface area (Å²) in [6, 6.07) is 5.08. The number of aliphatic carboxylic acids is 1. The third-order valence-electron chi connectivity index (χ3n) is 11.4. The van der Waals surface area contributed by atoms with Gasteiger partial charge in [-0.15, -0.1) is 0 Å². The van der Waals surface area contributed by atoms with Crippen LogP contribution in [0.1, 0.15) is 48.2 Å². The molecule has 32 nitrogen and oxygen atoms in total. The lowest BCUT2D eigenvalue weighted by Crippen LogP contribution is -2.41. The van der Waals surface area contributed by atoms with Crippen molar-refractivity contribution in [3.63, 3.8) is 0 Å². The van der Waals surface area contributed by atoms with Crippen LogP contribution in [0.4, 0.5) is 11.6 Å². The molecule has 0 radical (unpaired) electrons. The first kappa shape index (κ1) is 75.1. The molecule has 0 spiro atoms. The predicted molar refractivity (Wildman–Crippen MR) is 312 cm³/mol. The van der Waals surface area contributed by atoms with Gasteiger partial charge in [-0.3, -0.25) is 24.2 Å². The van der Waals surface area contributed by atoms with Gasteiger partial charge < -0.3 is 97.8 Å². The number of ketones is 1. The number of rotatable bonds is 61. The Balaban J connectivity index is 0.951. The quantitative estimate of drug-likeness (QED) is 0.0201. The number of azide groups is 1. The molecule has 0 unspecified atom stereocenters. The Bertz CT molecular complexity index is 2380. The molecule has 0 saturated heterocycles. The Morgan fingerprint density at radius 2 is 1.01 bits per heavy atom. The molecule has 87 heavy (non-hydrogen) atoms. The zero-order valence-electron chi connectivity index (χ0n) is 49.7. The first-order valence-corrected chi connectivity index (χ1v) is 29.0. The van der Waals surface area contributed by atoms with E-state index in [1.807, 2.05) is 0 Å². The van der Waals surface area contributed by atoms with E-state index < -0.39 is 23.5 Å². The average molecular weight is 1240 g/mol. The summed E-state index contributed by atoms with van der Waals surface area (Å²) < 4.78 is 82.0. The van der Waals surface area contributed by atoms with Crippen LogP contribution in [0.5, 0.6) is 0 Å². The van der Waals surface area contributed by atoms with Crippen molar-refractivity contribution in [2.75, 3.05) is 222 Å². The lowest BCUT2D eigenvalue weighted by atomic mass is 10.1. The molecule has 0 aliphatic heterocycles. The van der Waals surface area contributed by atoms with Gasteiger partial charge in [-0.1, -0.05) is 5.11 Å². The fraction of sp³-hybridized carbons (Fsp3) is 0.709. The van der Waals surface area contributed by atoms with E-state index in [0.29, 0.717) is 229 Å². The first-order chi connectivity index (χ1) is 42.7. The SMILES string of the molecule is [N-]=[N+]=NCCOCCOCCOCCOCCC(=O)NCCOCCOCCOCCOCCOCCOCCOCCOCCOCCOCCOCCCC(=O)CC[C@H](NC(=O)c1ccc(NCc2cnc3nc(N)[nH]c(=O)c3n2)cc1)C(=O)O. The fourth-order valence-electron chi connectivity index (χ4n) is 7.02. The number of nitrogen functional groups attached to an aromatic ring is 1. The highest BCUT2D eigenvalue weighted by Gasteiger charge is 2.22. The molecular formula is C55H89N11O21. The lowest BCUT2D eigenvalue weighted by Gasteiger charge is -2.14. The van der Waals surface area contributed by atoms with Crippen molar-refractivity contribution in [3.8, 4) is 0 Å². The Morgan fingerprint density at radius 1 is 0.575 bits per heavy atom. The molecule has 0 fully saturated rings. The van der Waals surface area contributed by atoms with E-state index in [4.69, 9.17) is 82.3 Å². The van der Waals surface area contributed by atoms with Crippen molar-refractivity contribution in [3.05, 3.63) is 62.5 Å². The molecule has 2 amide bonds. The van der Waals surface area contributed by atoms with Crippen molar-refractivity contribution >= 4 is 46.4 Å². The highest BCUT2D eigenvalue weighted by atomic mass is 16.6. The lowest BCUT2D eigenvalue weighted by molar-refractivity contribution is -0.139. The number of carboxylic acids is 1. The van der Waals surface area contributed by atoms with E-state index in [1.54, 1.807) is 12.1 Å². The van der Waals surface area contributed by atoms with E-state index in [2.05, 4.69) is 45.9 Å². The Hall–Kier alpha value is -6.17. The number of hydrogen-bond donors (Lipinski definition) is 6. The van der Waals surface area contributed by atoms with Gasteiger partial charge in [-0.05, 0) is 42.6 Å². The summed E-state index contributed by atoms with van der Waals surface area (Å²) in [4.78, 5) is 78.6. The molecule has 0 aliphatic rings. The monoisotopic (exact) mass is 1240 g/mol. The molecule has 3 rings (SSSR count).